The standard InChI is InChI=1S/C20H21F2N3OS/c1-13(2)19-20(27-17-10-14(21)9-15(22)11-17)25(18(24-19)6-8-26)12-16-5-3-4-7-23-16/h3-5,7,9-11,13,26H,6,8,12H2,1-2H3. The van der Waals surface area contributed by atoms with Crippen molar-refractivity contribution in [1.82, 2.24) is 14.5 Å². The molecule has 1 aromatic carbocycles. The lowest BCUT2D eigenvalue weighted by Crippen LogP contribution is -2.09. The highest BCUT2D eigenvalue weighted by atomic mass is 32.2. The van der Waals surface area contributed by atoms with Gasteiger partial charge in [0.2, 0.25) is 0 Å². The van der Waals surface area contributed by atoms with Crippen molar-refractivity contribution in [2.45, 2.75) is 42.7 Å². The van der Waals surface area contributed by atoms with Crippen molar-refractivity contribution in [2.24, 2.45) is 0 Å². The van der Waals surface area contributed by atoms with E-state index in [9.17, 15) is 13.9 Å². The summed E-state index contributed by atoms with van der Waals surface area (Å²) in [6, 6.07) is 9.13. The molecular formula is C20H21F2N3OS. The summed E-state index contributed by atoms with van der Waals surface area (Å²) in [5, 5.41) is 10.2. The first-order chi connectivity index (χ1) is 13.0. The molecule has 0 saturated carbocycles. The monoisotopic (exact) mass is 389 g/mol. The highest BCUT2D eigenvalue weighted by Gasteiger charge is 2.21. The lowest BCUT2D eigenvalue weighted by molar-refractivity contribution is 0.294. The number of hydrogen-bond acceptors (Lipinski definition) is 4. The van der Waals surface area contributed by atoms with Gasteiger partial charge in [-0.3, -0.25) is 4.98 Å². The van der Waals surface area contributed by atoms with Gasteiger partial charge in [0.05, 0.1) is 24.5 Å². The second kappa shape index (κ2) is 8.63. The third-order valence-electron chi connectivity index (χ3n) is 4.00. The zero-order valence-electron chi connectivity index (χ0n) is 15.2. The van der Waals surface area contributed by atoms with Crippen molar-refractivity contribution >= 4 is 11.8 Å². The lowest BCUT2D eigenvalue weighted by atomic mass is 10.1. The first-order valence-corrected chi connectivity index (χ1v) is 9.53. The van der Waals surface area contributed by atoms with Gasteiger partial charge in [-0.25, -0.2) is 13.8 Å². The van der Waals surface area contributed by atoms with Gasteiger partial charge < -0.3 is 9.67 Å². The molecule has 2 aromatic heterocycles. The Kier molecular flexibility index (Phi) is 6.23. The molecule has 4 nitrogen and oxygen atoms in total. The highest BCUT2D eigenvalue weighted by Crippen LogP contribution is 2.36. The molecule has 27 heavy (non-hydrogen) atoms. The van der Waals surface area contributed by atoms with Crippen LogP contribution in [0.4, 0.5) is 8.78 Å². The van der Waals surface area contributed by atoms with Crippen LogP contribution >= 0.6 is 11.8 Å². The Labute approximate surface area is 161 Å². The molecule has 1 N–H and O–H groups in total. The molecule has 0 aliphatic rings. The smallest absolute Gasteiger partial charge is 0.127 e. The Morgan fingerprint density at radius 1 is 1.15 bits per heavy atom. The largest absolute Gasteiger partial charge is 0.396 e. The summed E-state index contributed by atoms with van der Waals surface area (Å²) < 4.78 is 29.3. The summed E-state index contributed by atoms with van der Waals surface area (Å²) in [5.41, 5.74) is 1.68. The topological polar surface area (TPSA) is 50.9 Å². The van der Waals surface area contributed by atoms with Gasteiger partial charge in [-0.1, -0.05) is 31.7 Å². The van der Waals surface area contributed by atoms with Gasteiger partial charge in [0.25, 0.3) is 0 Å². The third-order valence-corrected chi connectivity index (χ3v) is 5.10. The maximum atomic E-state index is 13.6. The minimum Gasteiger partial charge on any atom is -0.396 e. The molecule has 0 fully saturated rings. The van der Waals surface area contributed by atoms with Gasteiger partial charge in [0.15, 0.2) is 0 Å². The van der Waals surface area contributed by atoms with E-state index in [0.717, 1.165) is 28.3 Å². The van der Waals surface area contributed by atoms with E-state index in [4.69, 9.17) is 4.98 Å². The fraction of sp³-hybridized carbons (Fsp3) is 0.300. The Morgan fingerprint density at radius 3 is 2.48 bits per heavy atom. The van der Waals surface area contributed by atoms with E-state index in [1.54, 1.807) is 6.20 Å². The molecule has 0 atom stereocenters. The zero-order chi connectivity index (χ0) is 19.4. The van der Waals surface area contributed by atoms with E-state index in [2.05, 4.69) is 4.98 Å². The minimum absolute atomic E-state index is 0.0323. The van der Waals surface area contributed by atoms with Crippen molar-refractivity contribution in [3.8, 4) is 0 Å². The molecule has 0 radical (unpaired) electrons. The van der Waals surface area contributed by atoms with E-state index >= 15 is 0 Å². The number of benzene rings is 1. The molecule has 0 aliphatic heterocycles. The molecule has 0 unspecified atom stereocenters. The van der Waals surface area contributed by atoms with Gasteiger partial charge in [-0.15, -0.1) is 0 Å². The lowest BCUT2D eigenvalue weighted by Gasteiger charge is -2.13. The van der Waals surface area contributed by atoms with Crippen LogP contribution in [-0.2, 0) is 13.0 Å². The first-order valence-electron chi connectivity index (χ1n) is 8.72. The summed E-state index contributed by atoms with van der Waals surface area (Å²) in [7, 11) is 0. The molecule has 142 valence electrons. The number of nitrogens with zero attached hydrogens (tertiary/aromatic N) is 3. The molecule has 0 saturated heterocycles. The number of halogens is 2. The van der Waals surface area contributed by atoms with Crippen LogP contribution in [0, 0.1) is 11.6 Å². The summed E-state index contributed by atoms with van der Waals surface area (Å²) in [5.74, 6) is -0.385. The van der Waals surface area contributed by atoms with Crippen LogP contribution in [0.1, 0.15) is 37.0 Å². The number of pyridine rings is 1. The first kappa shape index (κ1) is 19.5. The van der Waals surface area contributed by atoms with E-state index < -0.39 is 11.6 Å². The Bertz CT molecular complexity index is 893. The third kappa shape index (κ3) is 4.73. The second-order valence-electron chi connectivity index (χ2n) is 6.46. The van der Waals surface area contributed by atoms with Crippen molar-refractivity contribution in [1.29, 1.82) is 0 Å². The SMILES string of the molecule is CC(C)c1nc(CCO)n(Cc2ccccn2)c1Sc1cc(F)cc(F)c1. The van der Waals surface area contributed by atoms with Gasteiger partial charge >= 0.3 is 0 Å². The molecule has 2 heterocycles. The molecule has 3 aromatic rings. The maximum Gasteiger partial charge on any atom is 0.127 e. The van der Waals surface area contributed by atoms with Crippen LogP contribution < -0.4 is 0 Å². The molecule has 0 spiro atoms. The van der Waals surface area contributed by atoms with E-state index in [0.29, 0.717) is 17.9 Å². The molecule has 3 rings (SSSR count). The highest BCUT2D eigenvalue weighted by molar-refractivity contribution is 7.99. The van der Waals surface area contributed by atoms with Gasteiger partial charge in [-0.2, -0.15) is 0 Å². The van der Waals surface area contributed by atoms with Gasteiger partial charge in [0.1, 0.15) is 22.5 Å². The second-order valence-corrected chi connectivity index (χ2v) is 7.52. The van der Waals surface area contributed by atoms with E-state index in [1.165, 1.54) is 23.9 Å². The Morgan fingerprint density at radius 2 is 1.89 bits per heavy atom. The van der Waals surface area contributed by atoms with Crippen molar-refractivity contribution < 1.29 is 13.9 Å². The Hall–Kier alpha value is -2.25. The fourth-order valence-electron chi connectivity index (χ4n) is 2.79. The normalized spacial score (nSPS) is 11.3. The van der Waals surface area contributed by atoms with Crippen molar-refractivity contribution in [3.05, 3.63) is 71.4 Å². The number of imidazole rings is 1. The zero-order valence-corrected chi connectivity index (χ0v) is 16.0. The average molecular weight is 389 g/mol. The molecule has 0 bridgehead atoms. The van der Waals surface area contributed by atoms with Gasteiger partial charge in [0, 0.05) is 23.6 Å². The van der Waals surface area contributed by atoms with Crippen LogP contribution in [-0.4, -0.2) is 26.2 Å². The predicted octanol–water partition coefficient (Wildman–Crippen LogP) is 4.41. The quantitative estimate of drug-likeness (QED) is 0.650. The fourth-order valence-corrected chi connectivity index (χ4v) is 4.03. The number of hydrogen-bond donors (Lipinski definition) is 1. The van der Waals surface area contributed by atoms with Crippen molar-refractivity contribution in [3.63, 3.8) is 0 Å². The summed E-state index contributed by atoms with van der Waals surface area (Å²) in [6.45, 7) is 4.48. The Balaban J connectivity index is 2.08. The van der Waals surface area contributed by atoms with Crippen LogP contribution in [0.15, 0.2) is 52.5 Å². The minimum atomic E-state index is -0.616. The summed E-state index contributed by atoms with van der Waals surface area (Å²) in [4.78, 5) is 9.53. The van der Waals surface area contributed by atoms with Crippen LogP contribution in [0.2, 0.25) is 0 Å². The number of rotatable bonds is 7. The molecule has 7 heteroatoms. The maximum absolute atomic E-state index is 13.6. The van der Waals surface area contributed by atoms with Crippen LogP contribution in [0.25, 0.3) is 0 Å². The number of aliphatic hydroxyl groups is 1. The molecule has 0 amide bonds. The summed E-state index contributed by atoms with van der Waals surface area (Å²) >= 11 is 1.27. The molecule has 0 aliphatic carbocycles. The number of aromatic nitrogens is 3. The summed E-state index contributed by atoms with van der Waals surface area (Å²) in [6.07, 6.45) is 2.11. The average Bonchev–Trinajstić information content (AvgIpc) is 2.93. The predicted molar refractivity (Wildman–Crippen MR) is 101 cm³/mol. The van der Waals surface area contributed by atoms with E-state index in [1.807, 2.05) is 36.6 Å². The van der Waals surface area contributed by atoms with Crippen LogP contribution in [0.5, 0.6) is 0 Å². The number of aliphatic hydroxyl groups excluding tert-OH is 1. The van der Waals surface area contributed by atoms with Crippen LogP contribution in [0.3, 0.4) is 0 Å². The van der Waals surface area contributed by atoms with E-state index in [-0.39, 0.29) is 12.5 Å². The van der Waals surface area contributed by atoms with Gasteiger partial charge in [-0.05, 0) is 30.2 Å². The molecular weight excluding hydrogens is 368 g/mol. The van der Waals surface area contributed by atoms with Crippen molar-refractivity contribution in [2.75, 3.05) is 6.61 Å².